The van der Waals surface area contributed by atoms with E-state index in [9.17, 15) is 0 Å². The fourth-order valence-electron chi connectivity index (χ4n) is 2.12. The van der Waals surface area contributed by atoms with Crippen molar-refractivity contribution in [1.29, 1.82) is 0 Å². The van der Waals surface area contributed by atoms with Crippen molar-refractivity contribution < 1.29 is 4.74 Å². The predicted molar refractivity (Wildman–Crippen MR) is 51.4 cm³/mol. The van der Waals surface area contributed by atoms with Gasteiger partial charge in [-0.2, -0.15) is 0 Å². The smallest absolute Gasteiger partial charge is 0.0730 e. The molecular weight excluding hydrogens is 150 g/mol. The molecule has 0 spiro atoms. The molecule has 1 aliphatic heterocycles. The second-order valence-corrected chi connectivity index (χ2v) is 3.39. The fourth-order valence-corrected chi connectivity index (χ4v) is 2.12. The molecule has 0 aromatic heterocycles. The standard InChI is InChI=1S/C8H15NO.C2H6/c1-9-5-6-10-8-4-2-3-7(8)9;1-2/h7-8H,2-6H2,1H3;1-2H3. The molecule has 1 aliphatic carbocycles. The van der Waals surface area contributed by atoms with Crippen LogP contribution in [0, 0.1) is 0 Å². The van der Waals surface area contributed by atoms with Crippen LogP contribution in [0.2, 0.25) is 0 Å². The molecule has 2 atom stereocenters. The van der Waals surface area contributed by atoms with Crippen LogP contribution in [0.3, 0.4) is 0 Å². The van der Waals surface area contributed by atoms with E-state index in [1.54, 1.807) is 0 Å². The summed E-state index contributed by atoms with van der Waals surface area (Å²) in [5.41, 5.74) is 0. The Morgan fingerprint density at radius 2 is 2.00 bits per heavy atom. The lowest BCUT2D eigenvalue weighted by molar-refractivity contribution is -0.0453. The van der Waals surface area contributed by atoms with Gasteiger partial charge in [-0.05, 0) is 26.3 Å². The Morgan fingerprint density at radius 3 is 2.67 bits per heavy atom. The first-order chi connectivity index (χ1) is 5.88. The molecule has 2 rings (SSSR count). The minimum Gasteiger partial charge on any atom is -0.375 e. The largest absolute Gasteiger partial charge is 0.375 e. The Morgan fingerprint density at radius 1 is 1.25 bits per heavy atom. The van der Waals surface area contributed by atoms with Crippen LogP contribution in [0.5, 0.6) is 0 Å². The maximum atomic E-state index is 5.63. The maximum absolute atomic E-state index is 5.63. The molecule has 1 saturated carbocycles. The summed E-state index contributed by atoms with van der Waals surface area (Å²) >= 11 is 0. The summed E-state index contributed by atoms with van der Waals surface area (Å²) in [6.07, 6.45) is 4.56. The molecule has 2 heteroatoms. The van der Waals surface area contributed by atoms with Crippen molar-refractivity contribution in [3.05, 3.63) is 0 Å². The van der Waals surface area contributed by atoms with Crippen molar-refractivity contribution in [3.8, 4) is 0 Å². The molecule has 1 heterocycles. The molecule has 0 radical (unpaired) electrons. The summed E-state index contributed by atoms with van der Waals surface area (Å²) in [4.78, 5) is 2.45. The van der Waals surface area contributed by atoms with Gasteiger partial charge in [-0.3, -0.25) is 4.90 Å². The van der Waals surface area contributed by atoms with E-state index >= 15 is 0 Å². The van der Waals surface area contributed by atoms with Crippen LogP contribution in [-0.4, -0.2) is 37.2 Å². The van der Waals surface area contributed by atoms with Crippen LogP contribution in [-0.2, 0) is 4.74 Å². The normalized spacial score (nSPS) is 35.2. The van der Waals surface area contributed by atoms with E-state index in [-0.39, 0.29) is 0 Å². The molecule has 0 N–H and O–H groups in total. The highest BCUT2D eigenvalue weighted by atomic mass is 16.5. The van der Waals surface area contributed by atoms with Crippen molar-refractivity contribution in [1.82, 2.24) is 4.90 Å². The van der Waals surface area contributed by atoms with Crippen LogP contribution in [0.15, 0.2) is 0 Å². The van der Waals surface area contributed by atoms with Gasteiger partial charge in [0.15, 0.2) is 0 Å². The number of likely N-dealkylation sites (N-methyl/N-ethyl adjacent to an activating group) is 1. The van der Waals surface area contributed by atoms with Gasteiger partial charge in [0.2, 0.25) is 0 Å². The minimum absolute atomic E-state index is 0.568. The average Bonchev–Trinajstić information content (AvgIpc) is 2.57. The predicted octanol–water partition coefficient (Wildman–Crippen LogP) is 1.90. The SMILES string of the molecule is CC.CN1CCOC2CCCC21. The topological polar surface area (TPSA) is 12.5 Å². The van der Waals surface area contributed by atoms with E-state index in [1.165, 1.54) is 19.3 Å². The highest BCUT2D eigenvalue weighted by molar-refractivity contribution is 4.87. The Bertz CT molecular complexity index is 127. The lowest BCUT2D eigenvalue weighted by atomic mass is 10.1. The zero-order chi connectivity index (χ0) is 8.97. The third kappa shape index (κ3) is 1.99. The average molecular weight is 171 g/mol. The second kappa shape index (κ2) is 4.83. The molecule has 0 aromatic carbocycles. The monoisotopic (exact) mass is 171 g/mol. The third-order valence-corrected chi connectivity index (χ3v) is 2.76. The number of hydrogen-bond donors (Lipinski definition) is 0. The van der Waals surface area contributed by atoms with E-state index < -0.39 is 0 Å². The maximum Gasteiger partial charge on any atom is 0.0730 e. The van der Waals surface area contributed by atoms with Gasteiger partial charge in [0.25, 0.3) is 0 Å². The molecule has 12 heavy (non-hydrogen) atoms. The van der Waals surface area contributed by atoms with Crippen LogP contribution in [0.1, 0.15) is 33.1 Å². The van der Waals surface area contributed by atoms with Gasteiger partial charge < -0.3 is 4.74 Å². The molecule has 0 aromatic rings. The summed E-state index contributed by atoms with van der Waals surface area (Å²) in [5, 5.41) is 0. The minimum atomic E-state index is 0.568. The Labute approximate surface area is 75.9 Å². The van der Waals surface area contributed by atoms with Gasteiger partial charge in [0.05, 0.1) is 12.7 Å². The van der Waals surface area contributed by atoms with Crippen molar-refractivity contribution in [3.63, 3.8) is 0 Å². The molecule has 72 valence electrons. The summed E-state index contributed by atoms with van der Waals surface area (Å²) in [5.74, 6) is 0. The van der Waals surface area contributed by atoms with E-state index in [1.807, 2.05) is 13.8 Å². The zero-order valence-corrected chi connectivity index (χ0v) is 8.55. The number of rotatable bonds is 0. The quantitative estimate of drug-likeness (QED) is 0.552. The fraction of sp³-hybridized carbons (Fsp3) is 1.00. The molecule has 0 amide bonds. The van der Waals surface area contributed by atoms with Crippen molar-refractivity contribution in [2.75, 3.05) is 20.2 Å². The van der Waals surface area contributed by atoms with Crippen LogP contribution in [0.4, 0.5) is 0 Å². The molecule has 2 aliphatic rings. The zero-order valence-electron chi connectivity index (χ0n) is 8.55. The van der Waals surface area contributed by atoms with E-state index in [2.05, 4.69) is 11.9 Å². The highest BCUT2D eigenvalue weighted by Crippen LogP contribution is 2.28. The Balaban J connectivity index is 0.000000336. The molecule has 2 nitrogen and oxygen atoms in total. The van der Waals surface area contributed by atoms with Crippen LogP contribution >= 0.6 is 0 Å². The van der Waals surface area contributed by atoms with Crippen molar-refractivity contribution in [2.45, 2.75) is 45.3 Å². The van der Waals surface area contributed by atoms with Gasteiger partial charge in [0.1, 0.15) is 0 Å². The van der Waals surface area contributed by atoms with Gasteiger partial charge in [-0.25, -0.2) is 0 Å². The molecular formula is C10H21NO. The lowest BCUT2D eigenvalue weighted by Crippen LogP contribution is -2.45. The number of ether oxygens (including phenoxy) is 1. The van der Waals surface area contributed by atoms with Gasteiger partial charge in [-0.1, -0.05) is 13.8 Å². The van der Waals surface area contributed by atoms with Crippen LogP contribution < -0.4 is 0 Å². The Kier molecular flexibility index (Phi) is 4.02. The number of nitrogens with zero attached hydrogens (tertiary/aromatic N) is 1. The van der Waals surface area contributed by atoms with Crippen molar-refractivity contribution >= 4 is 0 Å². The first-order valence-corrected chi connectivity index (χ1v) is 5.20. The highest BCUT2D eigenvalue weighted by Gasteiger charge is 2.33. The van der Waals surface area contributed by atoms with E-state index in [0.29, 0.717) is 6.10 Å². The Hall–Kier alpha value is -0.0800. The first kappa shape index (κ1) is 10.0. The van der Waals surface area contributed by atoms with Gasteiger partial charge in [-0.15, -0.1) is 0 Å². The van der Waals surface area contributed by atoms with Gasteiger partial charge in [0, 0.05) is 12.6 Å². The molecule has 2 fully saturated rings. The van der Waals surface area contributed by atoms with Gasteiger partial charge >= 0.3 is 0 Å². The second-order valence-electron chi connectivity index (χ2n) is 3.39. The summed E-state index contributed by atoms with van der Waals surface area (Å²) in [6.45, 7) is 6.07. The number of fused-ring (bicyclic) bond motifs is 1. The lowest BCUT2D eigenvalue weighted by Gasteiger charge is -2.34. The first-order valence-electron chi connectivity index (χ1n) is 5.20. The number of morpholine rings is 1. The number of hydrogen-bond acceptors (Lipinski definition) is 2. The third-order valence-electron chi connectivity index (χ3n) is 2.76. The van der Waals surface area contributed by atoms with E-state index in [4.69, 9.17) is 4.74 Å². The van der Waals surface area contributed by atoms with Crippen molar-refractivity contribution in [2.24, 2.45) is 0 Å². The molecule has 0 bridgehead atoms. The molecule has 1 saturated heterocycles. The molecule has 2 unspecified atom stereocenters. The van der Waals surface area contributed by atoms with Crippen LogP contribution in [0.25, 0.3) is 0 Å². The summed E-state index contributed by atoms with van der Waals surface area (Å²) in [6, 6.07) is 0.744. The summed E-state index contributed by atoms with van der Waals surface area (Å²) < 4.78 is 5.63. The van der Waals surface area contributed by atoms with E-state index in [0.717, 1.165) is 19.2 Å². The summed E-state index contributed by atoms with van der Waals surface area (Å²) in [7, 11) is 2.21.